The Kier molecular flexibility index (Phi) is 8.36. The zero-order valence-electron chi connectivity index (χ0n) is 21.8. The molecule has 0 radical (unpaired) electrons. The summed E-state index contributed by atoms with van der Waals surface area (Å²) in [6.45, 7) is 9.03. The molecule has 0 amide bonds. The minimum Gasteiger partial charge on any atom is -0.494 e. The Morgan fingerprint density at radius 3 is 2.30 bits per heavy atom. The minimum absolute atomic E-state index is 0.0991. The molecule has 1 atom stereocenters. The lowest BCUT2D eigenvalue weighted by atomic mass is 10.1. The molecule has 0 bridgehead atoms. The number of aryl methyl sites for hydroxylation is 1. The van der Waals surface area contributed by atoms with Gasteiger partial charge >= 0.3 is 5.97 Å². The van der Waals surface area contributed by atoms with Crippen LogP contribution in [0.15, 0.2) is 66.7 Å². The Morgan fingerprint density at radius 2 is 1.62 bits per heavy atom. The molecule has 0 aliphatic heterocycles. The first-order chi connectivity index (χ1) is 17.9. The van der Waals surface area contributed by atoms with E-state index in [1.165, 1.54) is 0 Å². The highest BCUT2D eigenvalue weighted by atomic mass is 16.5. The molecule has 0 aliphatic carbocycles. The zero-order chi connectivity index (χ0) is 26.4. The van der Waals surface area contributed by atoms with Gasteiger partial charge in [-0.15, -0.1) is 0 Å². The first-order valence-electron chi connectivity index (χ1n) is 12.6. The third-order valence-corrected chi connectivity index (χ3v) is 6.10. The number of ether oxygens (including phenoxy) is 3. The molecule has 37 heavy (non-hydrogen) atoms. The van der Waals surface area contributed by atoms with Crippen molar-refractivity contribution in [3.8, 4) is 17.2 Å². The quantitative estimate of drug-likeness (QED) is 0.257. The summed E-state index contributed by atoms with van der Waals surface area (Å²) >= 11 is 0. The van der Waals surface area contributed by atoms with Crippen LogP contribution in [0.2, 0.25) is 0 Å². The number of aromatic nitrogens is 1. The van der Waals surface area contributed by atoms with Crippen LogP contribution in [0.3, 0.4) is 0 Å². The van der Waals surface area contributed by atoms with Gasteiger partial charge in [-0.3, -0.25) is 0 Å². The van der Waals surface area contributed by atoms with E-state index in [4.69, 9.17) is 14.2 Å². The Balaban J connectivity index is 1.51. The summed E-state index contributed by atoms with van der Waals surface area (Å²) < 4.78 is 18.8. The highest BCUT2D eigenvalue weighted by Crippen LogP contribution is 2.33. The van der Waals surface area contributed by atoms with Gasteiger partial charge in [0.25, 0.3) is 0 Å². The predicted octanol–water partition coefficient (Wildman–Crippen LogP) is 5.67. The van der Waals surface area contributed by atoms with Gasteiger partial charge in [0, 0.05) is 29.0 Å². The van der Waals surface area contributed by atoms with E-state index in [1.54, 1.807) is 6.92 Å². The van der Waals surface area contributed by atoms with Crippen LogP contribution in [0, 0.1) is 13.8 Å². The van der Waals surface area contributed by atoms with Crippen LogP contribution in [0.4, 0.5) is 5.69 Å². The SMILES string of the molecule is CCOC(=O)c1c(C)n(-c2ccc(C)cc2)c2ccc(OCC(O)CNc3ccc(OCC)cc3)cc12. The zero-order valence-corrected chi connectivity index (χ0v) is 21.8. The fraction of sp³-hybridized carbons (Fsp3) is 0.300. The molecule has 0 spiro atoms. The summed E-state index contributed by atoms with van der Waals surface area (Å²) in [5.41, 5.74) is 5.21. The maximum Gasteiger partial charge on any atom is 0.340 e. The second-order valence-electron chi connectivity index (χ2n) is 8.83. The van der Waals surface area contributed by atoms with Gasteiger partial charge in [-0.25, -0.2) is 4.79 Å². The van der Waals surface area contributed by atoms with Crippen molar-refractivity contribution in [3.05, 3.63) is 83.6 Å². The first kappa shape index (κ1) is 26.1. The second kappa shape index (κ2) is 11.8. The van der Waals surface area contributed by atoms with E-state index in [0.29, 0.717) is 31.1 Å². The lowest BCUT2D eigenvalue weighted by Gasteiger charge is -2.15. The molecule has 7 heteroatoms. The molecule has 0 fully saturated rings. The molecule has 1 heterocycles. The number of anilines is 1. The fourth-order valence-corrected chi connectivity index (χ4v) is 4.30. The van der Waals surface area contributed by atoms with Crippen molar-refractivity contribution in [2.24, 2.45) is 0 Å². The number of nitrogens with one attached hydrogen (secondary N) is 1. The van der Waals surface area contributed by atoms with Gasteiger partial charge in [0.05, 0.1) is 24.3 Å². The molecule has 1 unspecified atom stereocenters. The molecule has 4 rings (SSSR count). The summed E-state index contributed by atoms with van der Waals surface area (Å²) in [6.07, 6.45) is -0.731. The van der Waals surface area contributed by atoms with E-state index in [1.807, 2.05) is 87.5 Å². The summed E-state index contributed by atoms with van der Waals surface area (Å²) in [5.74, 6) is 1.01. The maximum absolute atomic E-state index is 12.9. The number of fused-ring (bicyclic) bond motifs is 1. The van der Waals surface area contributed by atoms with Gasteiger partial charge in [-0.2, -0.15) is 0 Å². The largest absolute Gasteiger partial charge is 0.494 e. The second-order valence-corrected chi connectivity index (χ2v) is 8.83. The van der Waals surface area contributed by atoms with Crippen molar-refractivity contribution >= 4 is 22.6 Å². The Labute approximate surface area is 217 Å². The summed E-state index contributed by atoms with van der Waals surface area (Å²) in [4.78, 5) is 12.9. The van der Waals surface area contributed by atoms with E-state index in [0.717, 1.165) is 39.3 Å². The Hall–Kier alpha value is -3.97. The Morgan fingerprint density at radius 1 is 0.919 bits per heavy atom. The third kappa shape index (κ3) is 6.06. The van der Waals surface area contributed by atoms with Crippen LogP contribution in [0.25, 0.3) is 16.6 Å². The van der Waals surface area contributed by atoms with Crippen LogP contribution < -0.4 is 14.8 Å². The van der Waals surface area contributed by atoms with E-state index in [9.17, 15) is 9.90 Å². The summed E-state index contributed by atoms with van der Waals surface area (Å²) in [7, 11) is 0. The van der Waals surface area contributed by atoms with Gasteiger partial charge < -0.3 is 29.2 Å². The number of esters is 1. The Bertz CT molecular complexity index is 1340. The number of aliphatic hydroxyl groups excluding tert-OH is 1. The summed E-state index contributed by atoms with van der Waals surface area (Å²) in [6, 6.07) is 21.4. The van der Waals surface area contributed by atoms with Gasteiger partial charge in [-0.1, -0.05) is 17.7 Å². The molecule has 2 N–H and O–H groups in total. The molecule has 4 aromatic rings. The molecular formula is C30H34N2O5. The van der Waals surface area contributed by atoms with Crippen molar-refractivity contribution in [2.75, 3.05) is 31.7 Å². The highest BCUT2D eigenvalue weighted by Gasteiger charge is 2.22. The minimum atomic E-state index is -0.731. The molecule has 3 aromatic carbocycles. The average Bonchev–Trinajstić information content (AvgIpc) is 3.19. The summed E-state index contributed by atoms with van der Waals surface area (Å²) in [5, 5.41) is 14.4. The van der Waals surface area contributed by atoms with Crippen LogP contribution >= 0.6 is 0 Å². The smallest absolute Gasteiger partial charge is 0.340 e. The molecule has 194 valence electrons. The van der Waals surface area contributed by atoms with Gasteiger partial charge in [0.15, 0.2) is 0 Å². The number of aliphatic hydroxyl groups is 1. The van der Waals surface area contributed by atoms with Crippen molar-refractivity contribution in [2.45, 2.75) is 33.8 Å². The number of rotatable bonds is 11. The van der Waals surface area contributed by atoms with Gasteiger partial charge in [0.1, 0.15) is 24.2 Å². The molecular weight excluding hydrogens is 468 g/mol. The molecule has 0 aliphatic rings. The number of nitrogens with zero attached hydrogens (tertiary/aromatic N) is 1. The monoisotopic (exact) mass is 502 g/mol. The lowest BCUT2D eigenvalue weighted by molar-refractivity contribution is 0.0527. The van der Waals surface area contributed by atoms with E-state index >= 15 is 0 Å². The molecule has 1 aromatic heterocycles. The van der Waals surface area contributed by atoms with Crippen LogP contribution in [-0.4, -0.2) is 48.1 Å². The maximum atomic E-state index is 12.9. The fourth-order valence-electron chi connectivity index (χ4n) is 4.30. The standard InChI is InChI=1S/C30H34N2O5/c1-5-35-25-13-9-22(10-14-25)31-18-24(33)19-37-26-15-16-28-27(17-26)29(30(34)36-6-2)21(4)32(28)23-11-7-20(3)8-12-23/h7-17,24,31,33H,5-6,18-19H2,1-4H3. The topological polar surface area (TPSA) is 82.0 Å². The van der Waals surface area contributed by atoms with E-state index in [2.05, 4.69) is 9.88 Å². The average molecular weight is 503 g/mol. The van der Waals surface area contributed by atoms with Crippen molar-refractivity contribution < 1.29 is 24.1 Å². The predicted molar refractivity (Wildman–Crippen MR) is 146 cm³/mol. The number of hydrogen-bond acceptors (Lipinski definition) is 6. The van der Waals surface area contributed by atoms with E-state index in [-0.39, 0.29) is 12.6 Å². The highest BCUT2D eigenvalue weighted by molar-refractivity contribution is 6.07. The lowest BCUT2D eigenvalue weighted by Crippen LogP contribution is -2.26. The number of carbonyl (C=O) groups is 1. The van der Waals surface area contributed by atoms with Crippen LogP contribution in [0.5, 0.6) is 11.5 Å². The normalized spacial score (nSPS) is 11.8. The number of hydrogen-bond donors (Lipinski definition) is 2. The van der Waals surface area contributed by atoms with Gasteiger partial charge in [-0.05, 0) is 82.3 Å². The van der Waals surface area contributed by atoms with Crippen LogP contribution in [-0.2, 0) is 4.74 Å². The van der Waals surface area contributed by atoms with Gasteiger partial charge in [0.2, 0.25) is 0 Å². The molecule has 0 saturated carbocycles. The molecule has 7 nitrogen and oxygen atoms in total. The van der Waals surface area contributed by atoms with Crippen molar-refractivity contribution in [1.82, 2.24) is 4.57 Å². The number of carbonyl (C=O) groups excluding carboxylic acids is 1. The van der Waals surface area contributed by atoms with Crippen molar-refractivity contribution in [3.63, 3.8) is 0 Å². The van der Waals surface area contributed by atoms with E-state index < -0.39 is 6.10 Å². The van der Waals surface area contributed by atoms with Crippen molar-refractivity contribution in [1.29, 1.82) is 0 Å². The number of benzene rings is 3. The first-order valence-corrected chi connectivity index (χ1v) is 12.6. The van der Waals surface area contributed by atoms with Crippen LogP contribution in [0.1, 0.15) is 35.5 Å². The third-order valence-electron chi connectivity index (χ3n) is 6.10. The molecule has 0 saturated heterocycles.